The highest BCUT2D eigenvalue weighted by Gasteiger charge is 2.44. The minimum atomic E-state index is -3.99. The van der Waals surface area contributed by atoms with Gasteiger partial charge in [-0.1, -0.05) is 11.8 Å². The summed E-state index contributed by atoms with van der Waals surface area (Å²) in [6.07, 6.45) is -7.22. The standard InChI is InChI=1S/C9H13F5OS/c1-6(15)16-5-2-7(11)8(12)9(13,14)3-4-10/h7-8H,2-5H2,1H3. The van der Waals surface area contributed by atoms with Crippen molar-refractivity contribution >= 4 is 16.9 Å². The molecule has 0 aliphatic heterocycles. The van der Waals surface area contributed by atoms with Crippen LogP contribution < -0.4 is 0 Å². The zero-order valence-electron chi connectivity index (χ0n) is 8.69. The number of halogens is 5. The van der Waals surface area contributed by atoms with E-state index in [9.17, 15) is 26.7 Å². The molecule has 0 saturated heterocycles. The van der Waals surface area contributed by atoms with Crippen LogP contribution in [0.15, 0.2) is 0 Å². The molecule has 0 radical (unpaired) electrons. The average molecular weight is 264 g/mol. The van der Waals surface area contributed by atoms with E-state index in [2.05, 4.69) is 0 Å². The molecular weight excluding hydrogens is 251 g/mol. The van der Waals surface area contributed by atoms with E-state index >= 15 is 0 Å². The van der Waals surface area contributed by atoms with Gasteiger partial charge in [-0.15, -0.1) is 0 Å². The number of carbonyl (C=O) groups excluding carboxylic acids is 1. The van der Waals surface area contributed by atoms with Crippen molar-refractivity contribution in [1.82, 2.24) is 0 Å². The van der Waals surface area contributed by atoms with Crippen LogP contribution in [0.25, 0.3) is 0 Å². The van der Waals surface area contributed by atoms with Crippen LogP contribution in [-0.4, -0.2) is 35.8 Å². The Morgan fingerprint density at radius 1 is 1.38 bits per heavy atom. The molecule has 0 bridgehead atoms. The van der Waals surface area contributed by atoms with Crippen LogP contribution in [0.5, 0.6) is 0 Å². The first kappa shape index (κ1) is 15.7. The molecule has 0 aromatic heterocycles. The van der Waals surface area contributed by atoms with Crippen molar-refractivity contribution in [2.75, 3.05) is 12.4 Å². The van der Waals surface area contributed by atoms with Gasteiger partial charge >= 0.3 is 0 Å². The first-order valence-electron chi connectivity index (χ1n) is 4.66. The summed E-state index contributed by atoms with van der Waals surface area (Å²) >= 11 is 0.736. The van der Waals surface area contributed by atoms with Gasteiger partial charge in [-0.3, -0.25) is 9.18 Å². The highest BCUT2D eigenvalue weighted by molar-refractivity contribution is 8.13. The maximum atomic E-state index is 13.0. The molecule has 0 spiro atoms. The Morgan fingerprint density at radius 3 is 2.38 bits per heavy atom. The van der Waals surface area contributed by atoms with E-state index in [0.717, 1.165) is 11.8 Å². The number of rotatable bonds is 7. The maximum Gasteiger partial charge on any atom is 0.284 e. The lowest BCUT2D eigenvalue weighted by Crippen LogP contribution is -2.38. The molecule has 0 rings (SSSR count). The summed E-state index contributed by atoms with van der Waals surface area (Å²) in [6.45, 7) is -0.162. The fourth-order valence-corrected chi connectivity index (χ4v) is 1.62. The molecule has 0 N–H and O–H groups in total. The van der Waals surface area contributed by atoms with Gasteiger partial charge in [0.25, 0.3) is 5.92 Å². The molecule has 0 aromatic rings. The minimum Gasteiger partial charge on any atom is -0.288 e. The van der Waals surface area contributed by atoms with Crippen LogP contribution in [0.3, 0.4) is 0 Å². The van der Waals surface area contributed by atoms with Gasteiger partial charge in [-0.05, 0) is 6.42 Å². The summed E-state index contributed by atoms with van der Waals surface area (Å²) in [5.41, 5.74) is 0. The molecule has 0 aliphatic carbocycles. The third-order valence-electron chi connectivity index (χ3n) is 1.85. The van der Waals surface area contributed by atoms with Crippen molar-refractivity contribution in [1.29, 1.82) is 0 Å². The van der Waals surface area contributed by atoms with Crippen molar-refractivity contribution in [3.8, 4) is 0 Å². The average Bonchev–Trinajstić information content (AvgIpc) is 2.15. The molecular formula is C9H13F5OS. The van der Waals surface area contributed by atoms with Crippen molar-refractivity contribution in [2.45, 2.75) is 38.0 Å². The first-order chi connectivity index (χ1) is 7.31. The van der Waals surface area contributed by atoms with E-state index in [1.54, 1.807) is 0 Å². The second kappa shape index (κ2) is 7.09. The van der Waals surface area contributed by atoms with Crippen LogP contribution in [0.1, 0.15) is 19.8 Å². The summed E-state index contributed by atoms with van der Waals surface area (Å²) in [7, 11) is 0. The number of hydrogen-bond donors (Lipinski definition) is 0. The molecule has 0 aliphatic rings. The smallest absolute Gasteiger partial charge is 0.284 e. The summed E-state index contributed by atoms with van der Waals surface area (Å²) in [5, 5.41) is -0.293. The zero-order valence-corrected chi connectivity index (χ0v) is 9.51. The highest BCUT2D eigenvalue weighted by atomic mass is 32.2. The second-order valence-corrected chi connectivity index (χ2v) is 4.52. The Kier molecular flexibility index (Phi) is 6.94. The second-order valence-electron chi connectivity index (χ2n) is 3.25. The number of hydrogen-bond acceptors (Lipinski definition) is 2. The van der Waals surface area contributed by atoms with Gasteiger partial charge in [-0.2, -0.15) is 0 Å². The fourth-order valence-electron chi connectivity index (χ4n) is 0.990. The Labute approximate surface area is 94.8 Å². The molecule has 0 aromatic carbocycles. The van der Waals surface area contributed by atoms with Crippen molar-refractivity contribution < 1.29 is 26.7 Å². The molecule has 0 heterocycles. The third-order valence-corrected chi connectivity index (χ3v) is 2.69. The molecule has 2 atom stereocenters. The minimum absolute atomic E-state index is 0.0668. The Balaban J connectivity index is 4.06. The topological polar surface area (TPSA) is 17.1 Å². The van der Waals surface area contributed by atoms with Crippen LogP contribution in [0, 0.1) is 0 Å². The molecule has 0 amide bonds. The summed E-state index contributed by atoms with van der Waals surface area (Å²) in [5.74, 6) is -4.06. The SMILES string of the molecule is CC(=O)SCCC(F)C(F)C(F)(F)CCF. The monoisotopic (exact) mass is 264 g/mol. The van der Waals surface area contributed by atoms with Crippen molar-refractivity contribution in [3.05, 3.63) is 0 Å². The third kappa shape index (κ3) is 5.67. The van der Waals surface area contributed by atoms with E-state index < -0.39 is 37.8 Å². The lowest BCUT2D eigenvalue weighted by Gasteiger charge is -2.22. The molecule has 2 unspecified atom stereocenters. The Morgan fingerprint density at radius 2 is 1.94 bits per heavy atom. The lowest BCUT2D eigenvalue weighted by molar-refractivity contribution is -0.109. The first-order valence-corrected chi connectivity index (χ1v) is 5.65. The van der Waals surface area contributed by atoms with Gasteiger partial charge in [0.2, 0.25) is 0 Å². The van der Waals surface area contributed by atoms with Gasteiger partial charge < -0.3 is 0 Å². The van der Waals surface area contributed by atoms with Gasteiger partial charge in [0.05, 0.1) is 6.67 Å². The maximum absolute atomic E-state index is 13.0. The largest absolute Gasteiger partial charge is 0.288 e. The zero-order chi connectivity index (χ0) is 12.8. The van der Waals surface area contributed by atoms with Gasteiger partial charge in [0, 0.05) is 19.1 Å². The van der Waals surface area contributed by atoms with E-state index in [1.165, 1.54) is 6.92 Å². The van der Waals surface area contributed by atoms with E-state index in [1.807, 2.05) is 0 Å². The quantitative estimate of drug-likeness (QED) is 0.656. The van der Waals surface area contributed by atoms with Crippen LogP contribution in [0.4, 0.5) is 22.0 Å². The van der Waals surface area contributed by atoms with E-state index in [0.29, 0.717) is 0 Å². The lowest BCUT2D eigenvalue weighted by atomic mass is 10.1. The molecule has 96 valence electrons. The fraction of sp³-hybridized carbons (Fsp3) is 0.889. The summed E-state index contributed by atoms with van der Waals surface area (Å²) in [6, 6.07) is 0. The molecule has 0 fully saturated rings. The predicted octanol–water partition coefficient (Wildman–Crippen LogP) is 3.33. The number of carbonyl (C=O) groups is 1. The van der Waals surface area contributed by atoms with E-state index in [-0.39, 0.29) is 10.9 Å². The highest BCUT2D eigenvalue weighted by Crippen LogP contribution is 2.30. The Bertz CT molecular complexity index is 224. The van der Waals surface area contributed by atoms with Crippen molar-refractivity contribution in [3.63, 3.8) is 0 Å². The Hall–Kier alpha value is -0.330. The number of alkyl halides is 5. The number of thioether (sulfide) groups is 1. The molecule has 0 saturated carbocycles. The van der Waals surface area contributed by atoms with Gasteiger partial charge in [0.1, 0.15) is 6.17 Å². The van der Waals surface area contributed by atoms with Gasteiger partial charge in [-0.25, -0.2) is 17.6 Å². The van der Waals surface area contributed by atoms with E-state index in [4.69, 9.17) is 0 Å². The summed E-state index contributed by atoms with van der Waals surface area (Å²) in [4.78, 5) is 10.4. The van der Waals surface area contributed by atoms with Crippen molar-refractivity contribution in [2.24, 2.45) is 0 Å². The van der Waals surface area contributed by atoms with Crippen LogP contribution >= 0.6 is 11.8 Å². The van der Waals surface area contributed by atoms with Gasteiger partial charge in [0.15, 0.2) is 11.3 Å². The molecule has 1 nitrogen and oxygen atoms in total. The normalized spacial score (nSPS) is 15.9. The predicted molar refractivity (Wildman–Crippen MR) is 53.1 cm³/mol. The van der Waals surface area contributed by atoms with Crippen LogP contribution in [0.2, 0.25) is 0 Å². The molecule has 16 heavy (non-hydrogen) atoms. The molecule has 7 heteroatoms. The van der Waals surface area contributed by atoms with Crippen LogP contribution in [-0.2, 0) is 4.79 Å². The summed E-state index contributed by atoms with van der Waals surface area (Å²) < 4.78 is 63.0.